The van der Waals surface area contributed by atoms with Crippen LogP contribution >= 0.6 is 11.3 Å². The van der Waals surface area contributed by atoms with Gasteiger partial charge >= 0.3 is 0 Å². The van der Waals surface area contributed by atoms with E-state index in [0.29, 0.717) is 0 Å². The Morgan fingerprint density at radius 3 is 2.80 bits per heavy atom. The largest absolute Gasteiger partial charge is 0.369 e. The molecule has 0 saturated heterocycles. The molecule has 1 heterocycles. The fourth-order valence-corrected chi connectivity index (χ4v) is 3.14. The van der Waals surface area contributed by atoms with Crippen molar-refractivity contribution in [3.63, 3.8) is 0 Å². The van der Waals surface area contributed by atoms with Crippen LogP contribution in [0.15, 0.2) is 24.4 Å². The van der Waals surface area contributed by atoms with Crippen molar-refractivity contribution in [2.75, 3.05) is 23.8 Å². The van der Waals surface area contributed by atoms with Crippen LogP contribution in [0.3, 0.4) is 0 Å². The molecule has 0 radical (unpaired) electrons. The minimum Gasteiger partial charge on any atom is -0.369 e. The molecule has 20 heavy (non-hydrogen) atoms. The predicted octanol–water partition coefficient (Wildman–Crippen LogP) is 4.22. The molecule has 4 heteroatoms. The highest BCUT2D eigenvalue weighted by Gasteiger charge is 2.08. The summed E-state index contributed by atoms with van der Waals surface area (Å²) in [5.41, 5.74) is 3.91. The molecular formula is C16H23N3S. The zero-order valence-electron chi connectivity index (χ0n) is 12.7. The number of aromatic nitrogens is 1. The molecule has 0 bridgehead atoms. The van der Waals surface area contributed by atoms with E-state index in [4.69, 9.17) is 0 Å². The SMILES string of the molecule is CCCNc1ncc(CN(C)c2ccc(C)cc2C)s1. The lowest BCUT2D eigenvalue weighted by molar-refractivity contribution is 0.929. The highest BCUT2D eigenvalue weighted by molar-refractivity contribution is 7.15. The Morgan fingerprint density at radius 2 is 2.10 bits per heavy atom. The number of nitrogens with zero attached hydrogens (tertiary/aromatic N) is 2. The van der Waals surface area contributed by atoms with Gasteiger partial charge < -0.3 is 10.2 Å². The van der Waals surface area contributed by atoms with Crippen LogP contribution in [0.4, 0.5) is 10.8 Å². The standard InChI is InChI=1S/C16H23N3S/c1-5-8-17-16-18-10-14(20-16)11-19(4)15-7-6-12(2)9-13(15)3/h6-7,9-10H,5,8,11H2,1-4H3,(H,17,18). The third kappa shape index (κ3) is 3.73. The van der Waals surface area contributed by atoms with Crippen LogP contribution < -0.4 is 10.2 Å². The number of rotatable bonds is 6. The Morgan fingerprint density at radius 1 is 1.30 bits per heavy atom. The van der Waals surface area contributed by atoms with Gasteiger partial charge in [0.2, 0.25) is 0 Å². The smallest absolute Gasteiger partial charge is 0.182 e. The van der Waals surface area contributed by atoms with Crippen molar-refractivity contribution >= 4 is 22.2 Å². The average molecular weight is 289 g/mol. The Kier molecular flexibility index (Phi) is 5.01. The fraction of sp³-hybridized carbons (Fsp3) is 0.438. The maximum absolute atomic E-state index is 4.42. The second-order valence-electron chi connectivity index (χ2n) is 5.20. The first kappa shape index (κ1) is 14.9. The highest BCUT2D eigenvalue weighted by Crippen LogP contribution is 2.24. The van der Waals surface area contributed by atoms with Gasteiger partial charge in [-0.25, -0.2) is 4.98 Å². The van der Waals surface area contributed by atoms with E-state index < -0.39 is 0 Å². The Balaban J connectivity index is 2.03. The van der Waals surface area contributed by atoms with E-state index in [-0.39, 0.29) is 0 Å². The van der Waals surface area contributed by atoms with E-state index in [1.54, 1.807) is 11.3 Å². The minimum atomic E-state index is 0.898. The molecule has 3 nitrogen and oxygen atoms in total. The van der Waals surface area contributed by atoms with Gasteiger partial charge in [-0.15, -0.1) is 11.3 Å². The van der Waals surface area contributed by atoms with Crippen LogP contribution in [0.1, 0.15) is 29.3 Å². The third-order valence-electron chi connectivity index (χ3n) is 3.24. The maximum atomic E-state index is 4.42. The molecule has 0 aliphatic rings. The minimum absolute atomic E-state index is 0.898. The summed E-state index contributed by atoms with van der Waals surface area (Å²) in [6.45, 7) is 8.34. The molecular weight excluding hydrogens is 266 g/mol. The Bertz CT molecular complexity index is 563. The molecule has 0 atom stereocenters. The van der Waals surface area contributed by atoms with Crippen LogP contribution in [0.25, 0.3) is 0 Å². The lowest BCUT2D eigenvalue weighted by atomic mass is 10.1. The predicted molar refractivity (Wildman–Crippen MR) is 88.9 cm³/mol. The molecule has 0 spiro atoms. The number of anilines is 2. The summed E-state index contributed by atoms with van der Waals surface area (Å²) in [5, 5.41) is 4.36. The molecule has 2 rings (SSSR count). The van der Waals surface area contributed by atoms with Gasteiger partial charge in [-0.1, -0.05) is 24.6 Å². The van der Waals surface area contributed by atoms with E-state index in [1.165, 1.54) is 21.7 Å². The fourth-order valence-electron chi connectivity index (χ4n) is 2.25. The van der Waals surface area contributed by atoms with Gasteiger partial charge in [0.15, 0.2) is 5.13 Å². The summed E-state index contributed by atoms with van der Waals surface area (Å²) in [7, 11) is 2.14. The first-order valence-electron chi connectivity index (χ1n) is 7.07. The molecule has 0 fully saturated rings. The van der Waals surface area contributed by atoms with E-state index in [9.17, 15) is 0 Å². The van der Waals surface area contributed by atoms with E-state index in [1.807, 2.05) is 6.20 Å². The zero-order chi connectivity index (χ0) is 14.5. The van der Waals surface area contributed by atoms with Crippen LogP contribution in [-0.4, -0.2) is 18.6 Å². The first-order valence-corrected chi connectivity index (χ1v) is 7.88. The molecule has 108 valence electrons. The molecule has 2 aromatic rings. The van der Waals surface area contributed by atoms with Gasteiger partial charge in [-0.05, 0) is 31.9 Å². The second-order valence-corrected chi connectivity index (χ2v) is 6.32. The van der Waals surface area contributed by atoms with Crippen molar-refractivity contribution < 1.29 is 0 Å². The monoisotopic (exact) mass is 289 g/mol. The van der Waals surface area contributed by atoms with Gasteiger partial charge in [0.25, 0.3) is 0 Å². The number of thiazole rings is 1. The molecule has 1 aromatic heterocycles. The van der Waals surface area contributed by atoms with Crippen molar-refractivity contribution in [2.45, 2.75) is 33.7 Å². The van der Waals surface area contributed by atoms with Gasteiger partial charge in [0.05, 0.1) is 6.54 Å². The van der Waals surface area contributed by atoms with Crippen molar-refractivity contribution in [3.8, 4) is 0 Å². The number of nitrogens with one attached hydrogen (secondary N) is 1. The normalized spacial score (nSPS) is 10.6. The van der Waals surface area contributed by atoms with Crippen molar-refractivity contribution in [1.29, 1.82) is 0 Å². The van der Waals surface area contributed by atoms with Gasteiger partial charge in [0.1, 0.15) is 0 Å². The summed E-state index contributed by atoms with van der Waals surface area (Å²) < 4.78 is 0. The summed E-state index contributed by atoms with van der Waals surface area (Å²) in [6, 6.07) is 6.59. The summed E-state index contributed by atoms with van der Waals surface area (Å²) in [4.78, 5) is 7.98. The molecule has 1 aromatic carbocycles. The Hall–Kier alpha value is -1.55. The van der Waals surface area contributed by atoms with E-state index in [2.05, 4.69) is 61.2 Å². The number of aryl methyl sites for hydroxylation is 2. The van der Waals surface area contributed by atoms with E-state index >= 15 is 0 Å². The molecule has 0 unspecified atom stereocenters. The molecule has 0 aliphatic heterocycles. The highest BCUT2D eigenvalue weighted by atomic mass is 32.1. The van der Waals surface area contributed by atoms with Crippen LogP contribution in [-0.2, 0) is 6.54 Å². The number of hydrogen-bond acceptors (Lipinski definition) is 4. The lowest BCUT2D eigenvalue weighted by Crippen LogP contribution is -2.16. The molecule has 0 amide bonds. The van der Waals surface area contributed by atoms with Crippen LogP contribution in [0.2, 0.25) is 0 Å². The summed E-state index contributed by atoms with van der Waals surface area (Å²) in [5.74, 6) is 0. The van der Waals surface area contributed by atoms with Crippen molar-refractivity contribution in [2.24, 2.45) is 0 Å². The quantitative estimate of drug-likeness (QED) is 0.863. The van der Waals surface area contributed by atoms with Gasteiger partial charge in [-0.2, -0.15) is 0 Å². The number of benzene rings is 1. The maximum Gasteiger partial charge on any atom is 0.182 e. The van der Waals surface area contributed by atoms with Gasteiger partial charge in [-0.3, -0.25) is 0 Å². The van der Waals surface area contributed by atoms with Crippen molar-refractivity contribution in [1.82, 2.24) is 4.98 Å². The molecule has 0 aliphatic carbocycles. The lowest BCUT2D eigenvalue weighted by Gasteiger charge is -2.20. The third-order valence-corrected chi connectivity index (χ3v) is 4.18. The number of hydrogen-bond donors (Lipinski definition) is 1. The van der Waals surface area contributed by atoms with Gasteiger partial charge in [0, 0.05) is 30.4 Å². The average Bonchev–Trinajstić information content (AvgIpc) is 2.83. The summed E-state index contributed by atoms with van der Waals surface area (Å²) in [6.07, 6.45) is 3.10. The van der Waals surface area contributed by atoms with Crippen LogP contribution in [0.5, 0.6) is 0 Å². The molecule has 0 saturated carbocycles. The van der Waals surface area contributed by atoms with Crippen molar-refractivity contribution in [3.05, 3.63) is 40.4 Å². The first-order chi connectivity index (χ1) is 9.60. The summed E-state index contributed by atoms with van der Waals surface area (Å²) >= 11 is 1.74. The Labute approximate surface area is 125 Å². The van der Waals surface area contributed by atoms with E-state index in [0.717, 1.165) is 24.6 Å². The second kappa shape index (κ2) is 6.75. The molecule has 1 N–H and O–H groups in total. The van der Waals surface area contributed by atoms with Crippen LogP contribution in [0, 0.1) is 13.8 Å². The topological polar surface area (TPSA) is 28.2 Å². The zero-order valence-corrected chi connectivity index (χ0v) is 13.5.